The van der Waals surface area contributed by atoms with E-state index in [1.807, 2.05) is 6.92 Å². The van der Waals surface area contributed by atoms with E-state index in [4.69, 9.17) is 0 Å². The number of nitrogens with zero attached hydrogens (tertiary/aromatic N) is 1. The van der Waals surface area contributed by atoms with Crippen LogP contribution in [-0.2, 0) is 9.53 Å². The average Bonchev–Trinajstić information content (AvgIpc) is 3.00. The van der Waals surface area contributed by atoms with Crippen LogP contribution in [0.4, 0.5) is 4.79 Å². The molecule has 1 saturated carbocycles. The van der Waals surface area contributed by atoms with Gasteiger partial charge in [-0.25, -0.2) is 4.79 Å². The molecule has 15 heavy (non-hydrogen) atoms. The Kier molecular flexibility index (Phi) is 4.39. The molecule has 0 aromatic heterocycles. The van der Waals surface area contributed by atoms with Gasteiger partial charge in [0.15, 0.2) is 0 Å². The summed E-state index contributed by atoms with van der Waals surface area (Å²) in [6.45, 7) is 2.57. The Bertz CT molecular complexity index is 239. The van der Waals surface area contributed by atoms with Crippen LogP contribution in [0.1, 0.15) is 26.2 Å². The minimum absolute atomic E-state index is 0.0306. The van der Waals surface area contributed by atoms with E-state index in [0.717, 1.165) is 19.3 Å². The highest BCUT2D eigenvalue weighted by molar-refractivity contribution is 5.81. The number of ether oxygens (including phenoxy) is 1. The third kappa shape index (κ3) is 4.18. The summed E-state index contributed by atoms with van der Waals surface area (Å²) in [4.78, 5) is 24.2. The number of esters is 1. The predicted octanol–water partition coefficient (Wildman–Crippen LogP) is 0.743. The van der Waals surface area contributed by atoms with Crippen molar-refractivity contribution in [3.8, 4) is 0 Å². The van der Waals surface area contributed by atoms with Crippen LogP contribution in [0.3, 0.4) is 0 Å². The zero-order valence-electron chi connectivity index (χ0n) is 9.28. The normalized spacial score (nSPS) is 14.5. The minimum atomic E-state index is -0.380. The maximum absolute atomic E-state index is 11.6. The van der Waals surface area contributed by atoms with E-state index >= 15 is 0 Å². The van der Waals surface area contributed by atoms with Crippen LogP contribution in [0.15, 0.2) is 0 Å². The van der Waals surface area contributed by atoms with Crippen molar-refractivity contribution >= 4 is 12.0 Å². The monoisotopic (exact) mass is 214 g/mol. The summed E-state index contributed by atoms with van der Waals surface area (Å²) in [6.07, 6.45) is 2.92. The molecule has 1 rings (SSSR count). The second-order valence-electron chi connectivity index (χ2n) is 3.72. The molecule has 2 amide bonds. The number of carbonyl (C=O) groups excluding carboxylic acids is 2. The maximum Gasteiger partial charge on any atom is 0.325 e. The minimum Gasteiger partial charge on any atom is -0.468 e. The standard InChI is InChI=1S/C10H18N2O3/c1-3-6-12(7-9(13)15-2)10(14)11-8-4-5-8/h8H,3-7H2,1-2H3,(H,11,14). The highest BCUT2D eigenvalue weighted by atomic mass is 16.5. The molecular weight excluding hydrogens is 196 g/mol. The van der Waals surface area contributed by atoms with Crippen LogP contribution in [0.5, 0.6) is 0 Å². The van der Waals surface area contributed by atoms with E-state index in [1.165, 1.54) is 12.0 Å². The van der Waals surface area contributed by atoms with Crippen molar-refractivity contribution in [3.63, 3.8) is 0 Å². The zero-order valence-corrected chi connectivity index (χ0v) is 9.28. The molecule has 0 aromatic rings. The first kappa shape index (κ1) is 11.8. The molecule has 1 aliphatic carbocycles. The van der Waals surface area contributed by atoms with Crippen LogP contribution < -0.4 is 5.32 Å². The molecular formula is C10H18N2O3. The Morgan fingerprint density at radius 2 is 2.13 bits per heavy atom. The molecule has 0 aromatic carbocycles. The summed E-state index contributed by atoms with van der Waals surface area (Å²) in [7, 11) is 1.32. The lowest BCUT2D eigenvalue weighted by Gasteiger charge is -2.20. The van der Waals surface area contributed by atoms with Crippen LogP contribution >= 0.6 is 0 Å². The highest BCUT2D eigenvalue weighted by Crippen LogP contribution is 2.18. The van der Waals surface area contributed by atoms with Crippen molar-refractivity contribution < 1.29 is 14.3 Å². The van der Waals surface area contributed by atoms with Gasteiger partial charge in [0.25, 0.3) is 0 Å². The lowest BCUT2D eigenvalue weighted by molar-refractivity contribution is -0.141. The van der Waals surface area contributed by atoms with Gasteiger partial charge in [-0.3, -0.25) is 4.79 Å². The van der Waals surface area contributed by atoms with E-state index in [2.05, 4.69) is 10.1 Å². The lowest BCUT2D eigenvalue weighted by atomic mass is 10.4. The number of nitrogens with one attached hydrogen (secondary N) is 1. The molecule has 0 heterocycles. The van der Waals surface area contributed by atoms with Gasteiger partial charge in [0.1, 0.15) is 6.54 Å². The summed E-state index contributed by atoms with van der Waals surface area (Å²) in [5, 5.41) is 2.85. The first-order valence-corrected chi connectivity index (χ1v) is 5.29. The smallest absolute Gasteiger partial charge is 0.325 e. The highest BCUT2D eigenvalue weighted by Gasteiger charge is 2.26. The van der Waals surface area contributed by atoms with E-state index in [-0.39, 0.29) is 18.5 Å². The topological polar surface area (TPSA) is 58.6 Å². The molecule has 1 N–H and O–H groups in total. The molecule has 86 valence electrons. The Hall–Kier alpha value is -1.26. The molecule has 0 radical (unpaired) electrons. The third-order valence-corrected chi connectivity index (χ3v) is 2.23. The SMILES string of the molecule is CCCN(CC(=O)OC)C(=O)NC1CC1. The zero-order chi connectivity index (χ0) is 11.3. The van der Waals surface area contributed by atoms with Crippen molar-refractivity contribution in [1.29, 1.82) is 0 Å². The summed E-state index contributed by atoms with van der Waals surface area (Å²) in [5.74, 6) is -0.380. The molecule has 0 bridgehead atoms. The maximum atomic E-state index is 11.6. The van der Waals surface area contributed by atoms with Gasteiger partial charge >= 0.3 is 12.0 Å². The van der Waals surface area contributed by atoms with Gasteiger partial charge in [-0.15, -0.1) is 0 Å². The fourth-order valence-corrected chi connectivity index (χ4v) is 1.24. The first-order chi connectivity index (χ1) is 7.17. The summed E-state index contributed by atoms with van der Waals surface area (Å²) < 4.78 is 4.54. The van der Waals surface area contributed by atoms with Gasteiger partial charge in [-0.2, -0.15) is 0 Å². The van der Waals surface area contributed by atoms with Gasteiger partial charge in [-0.1, -0.05) is 6.92 Å². The molecule has 1 fully saturated rings. The Morgan fingerprint density at radius 3 is 2.60 bits per heavy atom. The van der Waals surface area contributed by atoms with Crippen LogP contribution in [-0.4, -0.2) is 43.1 Å². The molecule has 0 aliphatic heterocycles. The quantitative estimate of drug-likeness (QED) is 0.687. The number of methoxy groups -OCH3 is 1. The van der Waals surface area contributed by atoms with Gasteiger partial charge in [0.05, 0.1) is 7.11 Å². The second-order valence-corrected chi connectivity index (χ2v) is 3.72. The van der Waals surface area contributed by atoms with Crippen molar-refractivity contribution in [3.05, 3.63) is 0 Å². The third-order valence-electron chi connectivity index (χ3n) is 2.23. The number of hydrogen-bond acceptors (Lipinski definition) is 3. The van der Waals surface area contributed by atoms with Gasteiger partial charge in [-0.05, 0) is 19.3 Å². The van der Waals surface area contributed by atoms with Crippen molar-refractivity contribution in [1.82, 2.24) is 10.2 Å². The van der Waals surface area contributed by atoms with E-state index in [9.17, 15) is 9.59 Å². The summed E-state index contributed by atoms with van der Waals surface area (Å²) in [5.41, 5.74) is 0. The van der Waals surface area contributed by atoms with E-state index in [1.54, 1.807) is 0 Å². The summed E-state index contributed by atoms with van der Waals surface area (Å²) >= 11 is 0. The fraction of sp³-hybridized carbons (Fsp3) is 0.800. The number of amides is 2. The molecule has 0 atom stereocenters. The van der Waals surface area contributed by atoms with E-state index in [0.29, 0.717) is 12.6 Å². The van der Waals surface area contributed by atoms with Crippen molar-refractivity contribution in [2.45, 2.75) is 32.2 Å². The first-order valence-electron chi connectivity index (χ1n) is 5.29. The molecule has 0 spiro atoms. The number of rotatable bonds is 5. The van der Waals surface area contributed by atoms with Crippen LogP contribution in [0, 0.1) is 0 Å². The number of carbonyl (C=O) groups is 2. The Balaban J connectivity index is 2.39. The van der Waals surface area contributed by atoms with Gasteiger partial charge in [0.2, 0.25) is 0 Å². The molecule has 5 nitrogen and oxygen atoms in total. The lowest BCUT2D eigenvalue weighted by Crippen LogP contribution is -2.44. The predicted molar refractivity (Wildman–Crippen MR) is 55.4 cm³/mol. The molecule has 0 saturated heterocycles. The average molecular weight is 214 g/mol. The molecule has 5 heteroatoms. The largest absolute Gasteiger partial charge is 0.468 e. The van der Waals surface area contributed by atoms with Crippen LogP contribution in [0.2, 0.25) is 0 Å². The van der Waals surface area contributed by atoms with E-state index < -0.39 is 0 Å². The number of hydrogen-bond donors (Lipinski definition) is 1. The number of urea groups is 1. The summed E-state index contributed by atoms with van der Waals surface area (Å²) in [6, 6.07) is 0.152. The van der Waals surface area contributed by atoms with Gasteiger partial charge in [0, 0.05) is 12.6 Å². The second kappa shape index (κ2) is 5.58. The Morgan fingerprint density at radius 1 is 1.47 bits per heavy atom. The fourth-order valence-electron chi connectivity index (χ4n) is 1.24. The van der Waals surface area contributed by atoms with Crippen LogP contribution in [0.25, 0.3) is 0 Å². The molecule has 0 unspecified atom stereocenters. The Labute approximate surface area is 89.8 Å². The van der Waals surface area contributed by atoms with Gasteiger partial charge < -0.3 is 15.0 Å². The van der Waals surface area contributed by atoms with Crippen molar-refractivity contribution in [2.75, 3.05) is 20.2 Å². The van der Waals surface area contributed by atoms with Crippen molar-refractivity contribution in [2.24, 2.45) is 0 Å². The molecule has 1 aliphatic rings.